The molecule has 1 aliphatic carbocycles. The molecule has 1 N–H and O–H groups in total. The maximum absolute atomic E-state index is 11.9. The van der Waals surface area contributed by atoms with Crippen molar-refractivity contribution in [1.82, 2.24) is 0 Å². The summed E-state index contributed by atoms with van der Waals surface area (Å²) in [6, 6.07) is 3.17. The first-order chi connectivity index (χ1) is 8.44. The van der Waals surface area contributed by atoms with Crippen LogP contribution in [0, 0.1) is 5.21 Å². The summed E-state index contributed by atoms with van der Waals surface area (Å²) in [6.45, 7) is 1.77. The molecule has 2 heterocycles. The minimum atomic E-state index is -0.836. The number of aromatic nitrogens is 1. The maximum atomic E-state index is 11.9. The number of esters is 1. The highest BCUT2D eigenvalue weighted by Crippen LogP contribution is 2.47. The van der Waals surface area contributed by atoms with E-state index in [2.05, 4.69) is 0 Å². The third kappa shape index (κ3) is 1.50. The van der Waals surface area contributed by atoms with Crippen LogP contribution in [0.2, 0.25) is 0 Å². The van der Waals surface area contributed by atoms with Gasteiger partial charge in [-0.15, -0.1) is 0 Å². The van der Waals surface area contributed by atoms with E-state index in [1.165, 1.54) is 6.20 Å². The second kappa shape index (κ2) is 3.45. The molecule has 1 aromatic heterocycles. The highest BCUT2D eigenvalue weighted by molar-refractivity contribution is 5.93. The van der Waals surface area contributed by atoms with Crippen LogP contribution in [0.5, 0.6) is 0 Å². The van der Waals surface area contributed by atoms with Crippen molar-refractivity contribution in [3.8, 4) is 0 Å². The van der Waals surface area contributed by atoms with Crippen LogP contribution in [0.25, 0.3) is 0 Å². The molecule has 5 heteroatoms. The summed E-state index contributed by atoms with van der Waals surface area (Å²) >= 11 is 0. The molecule has 1 aromatic rings. The van der Waals surface area contributed by atoms with Crippen LogP contribution in [0.15, 0.2) is 18.3 Å². The predicted octanol–water partition coefficient (Wildman–Crippen LogP) is 1.01. The molecule has 0 aromatic carbocycles. The fourth-order valence-corrected chi connectivity index (χ4v) is 2.91. The molecule has 1 aliphatic heterocycles. The number of rotatable bonds is 0. The van der Waals surface area contributed by atoms with Crippen LogP contribution in [0.1, 0.15) is 48.7 Å². The molecule has 96 valence electrons. The van der Waals surface area contributed by atoms with E-state index in [9.17, 15) is 15.1 Å². The molecule has 0 amide bonds. The second-order valence-corrected chi connectivity index (χ2v) is 5.48. The molecule has 2 aliphatic rings. The van der Waals surface area contributed by atoms with E-state index in [1.54, 1.807) is 19.1 Å². The Bertz CT molecular complexity index is 514. The van der Waals surface area contributed by atoms with Gasteiger partial charge in [0.15, 0.2) is 11.8 Å². The van der Waals surface area contributed by atoms with E-state index < -0.39 is 17.2 Å². The summed E-state index contributed by atoms with van der Waals surface area (Å²) in [5, 5.41) is 21.9. The van der Waals surface area contributed by atoms with Gasteiger partial charge in [-0.3, -0.25) is 0 Å². The molecule has 3 rings (SSSR count). The Morgan fingerprint density at radius 2 is 2.06 bits per heavy atom. The first-order valence-corrected chi connectivity index (χ1v) is 6.12. The number of hydrogen-bond donors (Lipinski definition) is 1. The fraction of sp³-hybridized carbons (Fsp3) is 0.538. The third-order valence-corrected chi connectivity index (χ3v) is 4.03. The minimum Gasteiger partial charge on any atom is -0.618 e. The number of fused-ring (bicyclic) bond motifs is 2. The standard InChI is InChI=1S/C13H15NO4/c1-12(16)4-6-13(7-5-12)10-9(11(15)18-13)3-2-8-14(10)17/h2-3,8,16H,4-7H2,1H3. The molecule has 0 atom stereocenters. The van der Waals surface area contributed by atoms with Crippen LogP contribution in [-0.2, 0) is 10.3 Å². The van der Waals surface area contributed by atoms with Gasteiger partial charge in [0, 0.05) is 18.9 Å². The Hall–Kier alpha value is -1.62. The largest absolute Gasteiger partial charge is 0.618 e. The molecule has 18 heavy (non-hydrogen) atoms. The Kier molecular flexibility index (Phi) is 2.20. The Morgan fingerprint density at radius 1 is 1.39 bits per heavy atom. The Labute approximate surface area is 105 Å². The lowest BCUT2D eigenvalue weighted by atomic mass is 9.75. The van der Waals surface area contributed by atoms with Crippen molar-refractivity contribution >= 4 is 5.97 Å². The van der Waals surface area contributed by atoms with Gasteiger partial charge < -0.3 is 15.1 Å². The van der Waals surface area contributed by atoms with E-state index in [-0.39, 0.29) is 0 Å². The van der Waals surface area contributed by atoms with Gasteiger partial charge in [-0.1, -0.05) is 0 Å². The van der Waals surface area contributed by atoms with Gasteiger partial charge in [0.05, 0.1) is 5.60 Å². The van der Waals surface area contributed by atoms with Gasteiger partial charge in [-0.25, -0.2) is 4.79 Å². The van der Waals surface area contributed by atoms with Gasteiger partial charge >= 0.3 is 5.97 Å². The average Bonchev–Trinajstić information content (AvgIpc) is 2.59. The zero-order chi connectivity index (χ0) is 13.0. The molecule has 0 bridgehead atoms. The van der Waals surface area contributed by atoms with E-state index in [1.807, 2.05) is 0 Å². The van der Waals surface area contributed by atoms with Gasteiger partial charge in [0.1, 0.15) is 5.56 Å². The molecule has 1 spiro atoms. The quantitative estimate of drug-likeness (QED) is 0.423. The Balaban J connectivity index is 2.05. The number of nitrogens with zero attached hydrogens (tertiary/aromatic N) is 1. The summed E-state index contributed by atoms with van der Waals surface area (Å²) in [5.41, 5.74) is -0.805. The molecular weight excluding hydrogens is 234 g/mol. The number of ether oxygens (including phenoxy) is 1. The maximum Gasteiger partial charge on any atom is 0.345 e. The lowest BCUT2D eigenvalue weighted by molar-refractivity contribution is -0.621. The van der Waals surface area contributed by atoms with E-state index in [0.29, 0.717) is 36.9 Å². The topological polar surface area (TPSA) is 73.5 Å². The van der Waals surface area contributed by atoms with Crippen LogP contribution in [-0.4, -0.2) is 16.7 Å². The molecule has 0 saturated heterocycles. The SMILES string of the molecule is CC1(O)CCC2(CC1)OC(=O)c1ccc[n+]([O-])c12. The molecular formula is C13H15NO4. The van der Waals surface area contributed by atoms with Crippen molar-refractivity contribution < 1.29 is 19.4 Å². The lowest BCUT2D eigenvalue weighted by Gasteiger charge is -2.37. The van der Waals surface area contributed by atoms with Gasteiger partial charge in [0.2, 0.25) is 0 Å². The number of carbonyl (C=O) groups excluding carboxylic acids is 1. The zero-order valence-corrected chi connectivity index (χ0v) is 10.2. The Morgan fingerprint density at radius 3 is 2.72 bits per heavy atom. The highest BCUT2D eigenvalue weighted by Gasteiger charge is 2.55. The van der Waals surface area contributed by atoms with Crippen molar-refractivity contribution in [2.75, 3.05) is 0 Å². The average molecular weight is 249 g/mol. The number of carbonyl (C=O) groups is 1. The molecule has 5 nitrogen and oxygen atoms in total. The van der Waals surface area contributed by atoms with Crippen molar-refractivity contribution in [2.45, 2.75) is 43.8 Å². The number of aliphatic hydroxyl groups is 1. The van der Waals surface area contributed by atoms with Crippen molar-refractivity contribution in [1.29, 1.82) is 0 Å². The van der Waals surface area contributed by atoms with Crippen molar-refractivity contribution in [3.63, 3.8) is 0 Å². The normalized spacial score (nSPS) is 34.4. The first kappa shape index (κ1) is 11.5. The zero-order valence-electron chi connectivity index (χ0n) is 10.2. The smallest absolute Gasteiger partial charge is 0.345 e. The number of pyridine rings is 1. The molecule has 1 fully saturated rings. The summed E-state index contributed by atoms with van der Waals surface area (Å²) in [7, 11) is 0. The summed E-state index contributed by atoms with van der Waals surface area (Å²) in [6.07, 6.45) is 3.41. The monoisotopic (exact) mass is 249 g/mol. The van der Waals surface area contributed by atoms with E-state index in [0.717, 1.165) is 4.73 Å². The number of hydrogen-bond acceptors (Lipinski definition) is 4. The second-order valence-electron chi connectivity index (χ2n) is 5.48. The van der Waals surface area contributed by atoms with Crippen LogP contribution < -0.4 is 4.73 Å². The first-order valence-electron chi connectivity index (χ1n) is 6.12. The fourth-order valence-electron chi connectivity index (χ4n) is 2.91. The van der Waals surface area contributed by atoms with Gasteiger partial charge in [0.25, 0.3) is 5.69 Å². The summed E-state index contributed by atoms with van der Waals surface area (Å²) in [5.74, 6) is -0.434. The van der Waals surface area contributed by atoms with E-state index in [4.69, 9.17) is 4.74 Å². The highest BCUT2D eigenvalue weighted by atomic mass is 16.6. The van der Waals surface area contributed by atoms with Crippen LogP contribution in [0.4, 0.5) is 0 Å². The minimum absolute atomic E-state index is 0.356. The summed E-state index contributed by atoms with van der Waals surface area (Å²) in [4.78, 5) is 11.8. The van der Waals surface area contributed by atoms with Crippen molar-refractivity contribution in [2.24, 2.45) is 0 Å². The van der Waals surface area contributed by atoms with Gasteiger partial charge in [-0.05, 0) is 25.8 Å². The van der Waals surface area contributed by atoms with Crippen LogP contribution in [0.3, 0.4) is 0 Å². The lowest BCUT2D eigenvalue weighted by Crippen LogP contribution is -2.46. The molecule has 1 saturated carbocycles. The summed E-state index contributed by atoms with van der Waals surface area (Å²) < 4.78 is 6.19. The van der Waals surface area contributed by atoms with Gasteiger partial charge in [-0.2, -0.15) is 4.73 Å². The predicted molar refractivity (Wildman–Crippen MR) is 61.6 cm³/mol. The third-order valence-electron chi connectivity index (χ3n) is 4.03. The molecule has 0 radical (unpaired) electrons. The van der Waals surface area contributed by atoms with E-state index >= 15 is 0 Å². The van der Waals surface area contributed by atoms with Crippen LogP contribution >= 0.6 is 0 Å². The molecule has 0 unspecified atom stereocenters. The van der Waals surface area contributed by atoms with Crippen molar-refractivity contribution in [3.05, 3.63) is 34.8 Å².